The molecule has 2 fully saturated rings. The maximum atomic E-state index is 11.7. The molecular formula is C11H20BNO5. The molecule has 1 atom stereocenters. The standard InChI is InChI=1S/C11H20BNO5/c1-10(2,3)18-9(14)13-6-11(7-13)4-8(5-17-11)12(15)16/h8,15-16H,4-7H2,1-3H3. The van der Waals surface area contributed by atoms with Crippen molar-refractivity contribution in [2.24, 2.45) is 0 Å². The highest BCUT2D eigenvalue weighted by Crippen LogP contribution is 2.41. The Balaban J connectivity index is 1.82. The number of carbonyl (C=O) groups excluding carboxylic acids is 1. The van der Waals surface area contributed by atoms with Gasteiger partial charge in [0.1, 0.15) is 11.2 Å². The second kappa shape index (κ2) is 4.40. The van der Waals surface area contributed by atoms with Gasteiger partial charge in [0.25, 0.3) is 0 Å². The molecule has 0 aromatic heterocycles. The van der Waals surface area contributed by atoms with E-state index in [0.717, 1.165) is 0 Å². The van der Waals surface area contributed by atoms with Crippen molar-refractivity contribution in [1.29, 1.82) is 0 Å². The molecule has 2 rings (SSSR count). The SMILES string of the molecule is CC(C)(C)OC(=O)N1CC2(CC(B(O)O)CO2)C1. The lowest BCUT2D eigenvalue weighted by Gasteiger charge is -2.47. The van der Waals surface area contributed by atoms with Crippen molar-refractivity contribution in [1.82, 2.24) is 4.90 Å². The van der Waals surface area contributed by atoms with Gasteiger partial charge in [-0.3, -0.25) is 0 Å². The highest BCUT2D eigenvalue weighted by Gasteiger charge is 2.54. The average Bonchev–Trinajstić information content (AvgIpc) is 2.56. The first-order valence-corrected chi connectivity index (χ1v) is 6.19. The smallest absolute Gasteiger partial charge is 0.444 e. The van der Waals surface area contributed by atoms with Crippen LogP contribution in [0.15, 0.2) is 0 Å². The average molecular weight is 257 g/mol. The molecule has 102 valence electrons. The minimum atomic E-state index is -1.35. The van der Waals surface area contributed by atoms with E-state index in [0.29, 0.717) is 26.1 Å². The van der Waals surface area contributed by atoms with Gasteiger partial charge in [-0.25, -0.2) is 4.79 Å². The van der Waals surface area contributed by atoms with Gasteiger partial charge >= 0.3 is 13.2 Å². The third kappa shape index (κ3) is 2.79. The second-order valence-electron chi connectivity index (χ2n) is 6.21. The zero-order valence-corrected chi connectivity index (χ0v) is 11.0. The second-order valence-corrected chi connectivity index (χ2v) is 6.21. The molecule has 1 spiro atoms. The summed E-state index contributed by atoms with van der Waals surface area (Å²) < 4.78 is 10.8. The minimum absolute atomic E-state index is 0.259. The first-order chi connectivity index (χ1) is 8.21. The Bertz CT molecular complexity index is 335. The summed E-state index contributed by atoms with van der Waals surface area (Å²) in [5.74, 6) is -0.259. The van der Waals surface area contributed by atoms with Crippen LogP contribution in [-0.4, -0.2) is 59.1 Å². The van der Waals surface area contributed by atoms with E-state index in [-0.39, 0.29) is 11.9 Å². The molecule has 2 aliphatic rings. The van der Waals surface area contributed by atoms with Crippen LogP contribution in [0, 0.1) is 0 Å². The molecule has 0 aliphatic carbocycles. The lowest BCUT2D eigenvalue weighted by Crippen LogP contribution is -2.63. The van der Waals surface area contributed by atoms with Crippen LogP contribution < -0.4 is 0 Å². The van der Waals surface area contributed by atoms with Crippen LogP contribution in [0.5, 0.6) is 0 Å². The van der Waals surface area contributed by atoms with Gasteiger partial charge in [0.05, 0.1) is 13.1 Å². The molecule has 1 unspecified atom stereocenters. The highest BCUT2D eigenvalue weighted by molar-refractivity contribution is 6.43. The number of rotatable bonds is 1. The maximum Gasteiger partial charge on any atom is 0.457 e. The number of hydrogen-bond donors (Lipinski definition) is 2. The molecule has 2 heterocycles. The predicted molar refractivity (Wildman–Crippen MR) is 65.0 cm³/mol. The Hall–Kier alpha value is -0.785. The maximum absolute atomic E-state index is 11.7. The zero-order valence-electron chi connectivity index (χ0n) is 11.0. The summed E-state index contributed by atoms with van der Waals surface area (Å²) in [4.78, 5) is 13.3. The Morgan fingerprint density at radius 2 is 2.06 bits per heavy atom. The van der Waals surface area contributed by atoms with Gasteiger partial charge in [0.2, 0.25) is 0 Å². The molecule has 0 saturated carbocycles. The van der Waals surface area contributed by atoms with Crippen molar-refractivity contribution < 1.29 is 24.3 Å². The molecule has 0 aromatic rings. The number of amides is 1. The highest BCUT2D eigenvalue weighted by atomic mass is 16.6. The fourth-order valence-corrected chi connectivity index (χ4v) is 2.40. The largest absolute Gasteiger partial charge is 0.457 e. The molecule has 0 radical (unpaired) electrons. The zero-order chi connectivity index (χ0) is 13.6. The summed E-state index contributed by atoms with van der Waals surface area (Å²) in [7, 11) is -1.35. The fraction of sp³-hybridized carbons (Fsp3) is 0.909. The summed E-state index contributed by atoms with van der Waals surface area (Å²) in [5.41, 5.74) is -0.897. The van der Waals surface area contributed by atoms with Crippen LogP contribution in [0.2, 0.25) is 5.82 Å². The summed E-state index contributed by atoms with van der Waals surface area (Å²) in [6.07, 6.45) is 0.231. The van der Waals surface area contributed by atoms with E-state index in [1.165, 1.54) is 0 Å². The van der Waals surface area contributed by atoms with E-state index < -0.39 is 18.3 Å². The summed E-state index contributed by atoms with van der Waals surface area (Å²) in [6.45, 7) is 6.73. The lowest BCUT2D eigenvalue weighted by atomic mass is 9.68. The normalized spacial score (nSPS) is 26.1. The molecule has 6 nitrogen and oxygen atoms in total. The molecule has 2 aliphatic heterocycles. The molecule has 7 heteroatoms. The van der Waals surface area contributed by atoms with Crippen molar-refractivity contribution in [2.75, 3.05) is 19.7 Å². The van der Waals surface area contributed by atoms with Crippen molar-refractivity contribution >= 4 is 13.2 Å². The number of carbonyl (C=O) groups is 1. The van der Waals surface area contributed by atoms with Crippen LogP contribution in [0.4, 0.5) is 4.79 Å². The molecule has 18 heavy (non-hydrogen) atoms. The van der Waals surface area contributed by atoms with Gasteiger partial charge in [0, 0.05) is 12.4 Å². The third-order valence-electron chi connectivity index (χ3n) is 3.27. The summed E-state index contributed by atoms with van der Waals surface area (Å²) >= 11 is 0. The molecule has 1 amide bonds. The van der Waals surface area contributed by atoms with Gasteiger partial charge in [-0.05, 0) is 27.2 Å². The third-order valence-corrected chi connectivity index (χ3v) is 3.27. The first-order valence-electron chi connectivity index (χ1n) is 6.19. The van der Waals surface area contributed by atoms with E-state index in [2.05, 4.69) is 0 Å². The summed E-state index contributed by atoms with van der Waals surface area (Å²) in [5, 5.41) is 18.2. The van der Waals surface area contributed by atoms with Crippen LogP contribution in [0.1, 0.15) is 27.2 Å². The number of ether oxygens (including phenoxy) is 2. The van der Waals surface area contributed by atoms with Gasteiger partial charge in [0.15, 0.2) is 0 Å². The number of likely N-dealkylation sites (tertiary alicyclic amines) is 1. The lowest BCUT2D eigenvalue weighted by molar-refractivity contribution is -0.109. The Morgan fingerprint density at radius 3 is 2.50 bits per heavy atom. The molecule has 0 bridgehead atoms. The Morgan fingerprint density at radius 1 is 1.44 bits per heavy atom. The van der Waals surface area contributed by atoms with Crippen LogP contribution in [0.25, 0.3) is 0 Å². The van der Waals surface area contributed by atoms with E-state index in [1.807, 2.05) is 20.8 Å². The Kier molecular flexibility index (Phi) is 3.33. The number of hydrogen-bond acceptors (Lipinski definition) is 5. The van der Waals surface area contributed by atoms with Gasteiger partial charge < -0.3 is 24.4 Å². The van der Waals surface area contributed by atoms with Crippen molar-refractivity contribution in [3.05, 3.63) is 0 Å². The molecular weight excluding hydrogens is 237 g/mol. The number of nitrogens with zero attached hydrogens (tertiary/aromatic N) is 1. The van der Waals surface area contributed by atoms with Crippen molar-refractivity contribution in [2.45, 2.75) is 44.2 Å². The van der Waals surface area contributed by atoms with E-state index in [4.69, 9.17) is 19.5 Å². The van der Waals surface area contributed by atoms with Crippen LogP contribution in [0.3, 0.4) is 0 Å². The molecule has 2 N–H and O–H groups in total. The van der Waals surface area contributed by atoms with Crippen LogP contribution in [-0.2, 0) is 9.47 Å². The quantitative estimate of drug-likeness (QED) is 0.658. The predicted octanol–water partition coefficient (Wildman–Crippen LogP) is 0.239. The molecule has 2 saturated heterocycles. The van der Waals surface area contributed by atoms with Crippen molar-refractivity contribution in [3.8, 4) is 0 Å². The molecule has 0 aromatic carbocycles. The van der Waals surface area contributed by atoms with Gasteiger partial charge in [-0.15, -0.1) is 0 Å². The van der Waals surface area contributed by atoms with Crippen LogP contribution >= 0.6 is 0 Å². The minimum Gasteiger partial charge on any atom is -0.444 e. The monoisotopic (exact) mass is 257 g/mol. The van der Waals surface area contributed by atoms with Gasteiger partial charge in [-0.1, -0.05) is 0 Å². The Labute approximate surface area is 107 Å². The van der Waals surface area contributed by atoms with E-state index in [1.54, 1.807) is 4.90 Å². The summed E-state index contributed by atoms with van der Waals surface area (Å²) in [6, 6.07) is 0. The van der Waals surface area contributed by atoms with Gasteiger partial charge in [-0.2, -0.15) is 0 Å². The van der Waals surface area contributed by atoms with Crippen molar-refractivity contribution in [3.63, 3.8) is 0 Å². The van der Waals surface area contributed by atoms with E-state index >= 15 is 0 Å². The topological polar surface area (TPSA) is 79.2 Å². The first kappa shape index (κ1) is 13.6. The fourth-order valence-electron chi connectivity index (χ4n) is 2.40. The van der Waals surface area contributed by atoms with E-state index in [9.17, 15) is 4.79 Å².